The van der Waals surface area contributed by atoms with Crippen molar-refractivity contribution < 1.29 is 5.11 Å². The highest BCUT2D eigenvalue weighted by Crippen LogP contribution is 2.32. The Morgan fingerprint density at radius 3 is 2.79 bits per heavy atom. The smallest absolute Gasteiger partial charge is 0.122 e. The van der Waals surface area contributed by atoms with E-state index in [4.69, 9.17) is 5.73 Å². The molecular formula is C15H25N3O. The summed E-state index contributed by atoms with van der Waals surface area (Å²) in [5.41, 5.74) is 7.75. The number of phenols is 1. The van der Waals surface area contributed by atoms with Gasteiger partial charge in [0.1, 0.15) is 5.75 Å². The Balaban J connectivity index is 2.19. The molecule has 2 rings (SSSR count). The van der Waals surface area contributed by atoms with E-state index in [1.165, 1.54) is 12.8 Å². The molecule has 0 aliphatic carbocycles. The van der Waals surface area contributed by atoms with Crippen molar-refractivity contribution in [2.24, 2.45) is 5.73 Å². The maximum Gasteiger partial charge on any atom is 0.122 e. The molecule has 4 nitrogen and oxygen atoms in total. The van der Waals surface area contributed by atoms with Gasteiger partial charge in [0.05, 0.1) is 0 Å². The maximum atomic E-state index is 10.1. The zero-order valence-corrected chi connectivity index (χ0v) is 12.1. The predicted molar refractivity (Wildman–Crippen MR) is 79.6 cm³/mol. The van der Waals surface area contributed by atoms with E-state index in [1.54, 1.807) is 0 Å². The topological polar surface area (TPSA) is 52.7 Å². The first-order valence-corrected chi connectivity index (χ1v) is 6.99. The van der Waals surface area contributed by atoms with Crippen molar-refractivity contribution in [3.05, 3.63) is 23.8 Å². The van der Waals surface area contributed by atoms with Gasteiger partial charge in [0.15, 0.2) is 0 Å². The van der Waals surface area contributed by atoms with E-state index < -0.39 is 0 Å². The van der Waals surface area contributed by atoms with Crippen LogP contribution in [-0.2, 0) is 0 Å². The molecule has 0 spiro atoms. The third kappa shape index (κ3) is 3.19. The number of benzene rings is 1. The molecule has 0 amide bonds. The molecule has 1 saturated heterocycles. The van der Waals surface area contributed by atoms with E-state index in [0.29, 0.717) is 11.8 Å². The summed E-state index contributed by atoms with van der Waals surface area (Å²) >= 11 is 0. The van der Waals surface area contributed by atoms with E-state index in [9.17, 15) is 5.11 Å². The lowest BCUT2D eigenvalue weighted by atomic mass is 10.1. The largest absolute Gasteiger partial charge is 0.508 e. The molecule has 2 atom stereocenters. The van der Waals surface area contributed by atoms with Gasteiger partial charge in [0.25, 0.3) is 0 Å². The Hall–Kier alpha value is -1.26. The van der Waals surface area contributed by atoms with Crippen LogP contribution >= 0.6 is 0 Å². The Kier molecular flexibility index (Phi) is 4.32. The summed E-state index contributed by atoms with van der Waals surface area (Å²) in [7, 11) is 4.21. The normalized spacial score (nSPS) is 21.1. The van der Waals surface area contributed by atoms with Gasteiger partial charge in [-0.1, -0.05) is 6.07 Å². The van der Waals surface area contributed by atoms with E-state index in [1.807, 2.05) is 19.1 Å². The number of hydrogen-bond donors (Lipinski definition) is 2. The van der Waals surface area contributed by atoms with Crippen LogP contribution in [0.2, 0.25) is 0 Å². The van der Waals surface area contributed by atoms with Crippen molar-refractivity contribution in [3.63, 3.8) is 0 Å². The first kappa shape index (κ1) is 14.2. The Bertz CT molecular complexity index is 431. The lowest BCUT2D eigenvalue weighted by Gasteiger charge is -2.29. The van der Waals surface area contributed by atoms with Gasteiger partial charge in [-0.15, -0.1) is 0 Å². The van der Waals surface area contributed by atoms with Crippen molar-refractivity contribution in [2.75, 3.05) is 32.1 Å². The third-order valence-corrected chi connectivity index (χ3v) is 3.79. The standard InChI is InChI=1S/C15H25N3O/c1-11(16)14-7-6-12(9-15(14)19)18-8-4-5-13(18)10-17(2)3/h6-7,9,11,13,19H,4-5,8,10,16H2,1-3H3. The fraction of sp³-hybridized carbons (Fsp3) is 0.600. The van der Waals surface area contributed by atoms with Crippen LogP contribution in [-0.4, -0.2) is 43.2 Å². The zero-order valence-electron chi connectivity index (χ0n) is 12.1. The highest BCUT2D eigenvalue weighted by Gasteiger charge is 2.25. The average Bonchev–Trinajstić information content (AvgIpc) is 2.75. The summed E-state index contributed by atoms with van der Waals surface area (Å²) in [5, 5.41) is 10.1. The molecule has 1 aromatic rings. The molecular weight excluding hydrogens is 238 g/mol. The second-order valence-electron chi connectivity index (χ2n) is 5.78. The van der Waals surface area contributed by atoms with Gasteiger partial charge in [-0.3, -0.25) is 0 Å². The van der Waals surface area contributed by atoms with Gasteiger partial charge in [-0.05, 0) is 39.9 Å². The number of rotatable bonds is 4. The quantitative estimate of drug-likeness (QED) is 0.871. The zero-order chi connectivity index (χ0) is 14.0. The molecule has 1 aromatic carbocycles. The van der Waals surface area contributed by atoms with E-state index in [2.05, 4.69) is 30.0 Å². The number of nitrogens with zero attached hydrogens (tertiary/aromatic N) is 2. The Morgan fingerprint density at radius 2 is 2.21 bits per heavy atom. The minimum absolute atomic E-state index is 0.134. The fourth-order valence-electron chi connectivity index (χ4n) is 2.88. The van der Waals surface area contributed by atoms with E-state index in [0.717, 1.165) is 24.3 Å². The van der Waals surface area contributed by atoms with Crippen molar-refractivity contribution in [2.45, 2.75) is 31.8 Å². The van der Waals surface area contributed by atoms with Crippen LogP contribution in [0.15, 0.2) is 18.2 Å². The van der Waals surface area contributed by atoms with Gasteiger partial charge in [0, 0.05) is 42.5 Å². The molecule has 2 unspecified atom stereocenters. The van der Waals surface area contributed by atoms with Gasteiger partial charge in [0.2, 0.25) is 0 Å². The maximum absolute atomic E-state index is 10.1. The van der Waals surface area contributed by atoms with Crippen LogP contribution in [0, 0.1) is 0 Å². The summed E-state index contributed by atoms with van der Waals surface area (Å²) in [6.07, 6.45) is 2.43. The summed E-state index contributed by atoms with van der Waals surface area (Å²) in [4.78, 5) is 4.61. The van der Waals surface area contributed by atoms with Gasteiger partial charge in [-0.25, -0.2) is 0 Å². The highest BCUT2D eigenvalue weighted by molar-refractivity contribution is 5.55. The van der Waals surface area contributed by atoms with Gasteiger partial charge >= 0.3 is 0 Å². The predicted octanol–water partition coefficient (Wildman–Crippen LogP) is 1.94. The molecule has 0 aromatic heterocycles. The monoisotopic (exact) mass is 263 g/mol. The lowest BCUT2D eigenvalue weighted by molar-refractivity contribution is 0.372. The molecule has 1 aliphatic heterocycles. The van der Waals surface area contributed by atoms with Crippen LogP contribution in [0.25, 0.3) is 0 Å². The van der Waals surface area contributed by atoms with Crippen molar-refractivity contribution in [1.29, 1.82) is 0 Å². The molecule has 19 heavy (non-hydrogen) atoms. The average molecular weight is 263 g/mol. The van der Waals surface area contributed by atoms with Crippen LogP contribution in [0.5, 0.6) is 5.75 Å². The Morgan fingerprint density at radius 1 is 1.47 bits per heavy atom. The first-order chi connectivity index (χ1) is 8.99. The molecule has 1 heterocycles. The molecule has 1 fully saturated rings. The summed E-state index contributed by atoms with van der Waals surface area (Å²) < 4.78 is 0. The van der Waals surface area contributed by atoms with Crippen LogP contribution < -0.4 is 10.6 Å². The molecule has 0 radical (unpaired) electrons. The molecule has 0 saturated carbocycles. The Labute approximate surface area is 115 Å². The van der Waals surface area contributed by atoms with Gasteiger partial charge < -0.3 is 20.6 Å². The highest BCUT2D eigenvalue weighted by atomic mass is 16.3. The second kappa shape index (κ2) is 5.80. The minimum Gasteiger partial charge on any atom is -0.508 e. The van der Waals surface area contributed by atoms with E-state index >= 15 is 0 Å². The summed E-state index contributed by atoms with van der Waals surface area (Å²) in [6, 6.07) is 6.28. The second-order valence-corrected chi connectivity index (χ2v) is 5.78. The third-order valence-electron chi connectivity index (χ3n) is 3.79. The number of phenolic OH excluding ortho intramolecular Hbond substituents is 1. The molecule has 4 heteroatoms. The molecule has 106 valence electrons. The molecule has 0 bridgehead atoms. The van der Waals surface area contributed by atoms with Crippen LogP contribution in [0.4, 0.5) is 5.69 Å². The van der Waals surface area contributed by atoms with Crippen LogP contribution in [0.1, 0.15) is 31.4 Å². The number of anilines is 1. The number of hydrogen-bond acceptors (Lipinski definition) is 4. The molecule has 1 aliphatic rings. The number of likely N-dealkylation sites (N-methyl/N-ethyl adjacent to an activating group) is 1. The van der Waals surface area contributed by atoms with Gasteiger partial charge in [-0.2, -0.15) is 0 Å². The fourth-order valence-corrected chi connectivity index (χ4v) is 2.88. The SMILES string of the molecule is CC(N)c1ccc(N2CCCC2CN(C)C)cc1O. The van der Waals surface area contributed by atoms with Crippen LogP contribution in [0.3, 0.4) is 0 Å². The van der Waals surface area contributed by atoms with Crippen molar-refractivity contribution in [3.8, 4) is 5.75 Å². The van der Waals surface area contributed by atoms with Crippen molar-refractivity contribution in [1.82, 2.24) is 4.90 Å². The molecule has 3 N–H and O–H groups in total. The minimum atomic E-state index is -0.134. The summed E-state index contributed by atoms with van der Waals surface area (Å²) in [6.45, 7) is 4.00. The lowest BCUT2D eigenvalue weighted by Crippen LogP contribution is -2.37. The number of nitrogens with two attached hydrogens (primary N) is 1. The van der Waals surface area contributed by atoms with Crippen molar-refractivity contribution >= 4 is 5.69 Å². The summed E-state index contributed by atoms with van der Waals surface area (Å²) in [5.74, 6) is 0.308. The number of aromatic hydroxyl groups is 1. The van der Waals surface area contributed by atoms with E-state index in [-0.39, 0.29) is 6.04 Å². The first-order valence-electron chi connectivity index (χ1n) is 6.99.